The molecule has 76 valence electrons. The summed E-state index contributed by atoms with van der Waals surface area (Å²) in [6, 6.07) is 6.12. The van der Waals surface area contributed by atoms with Crippen LogP contribution in [0.3, 0.4) is 0 Å². The van der Waals surface area contributed by atoms with Crippen LogP contribution in [0.25, 0.3) is 0 Å². The van der Waals surface area contributed by atoms with Crippen molar-refractivity contribution in [2.45, 2.75) is 18.4 Å². The van der Waals surface area contributed by atoms with Gasteiger partial charge < -0.3 is 10.1 Å². The number of ether oxygens (including phenoxy) is 1. The zero-order valence-electron chi connectivity index (χ0n) is 8.43. The maximum absolute atomic E-state index is 5.23. The number of benzene rings is 1. The van der Waals surface area contributed by atoms with Crippen LogP contribution in [-0.4, -0.2) is 14.2 Å². The van der Waals surface area contributed by atoms with Crippen LogP contribution < -0.4 is 10.1 Å². The molecule has 0 saturated heterocycles. The molecule has 1 aromatic carbocycles. The quantitative estimate of drug-likeness (QED) is 0.897. The van der Waals surface area contributed by atoms with Crippen LogP contribution in [0.4, 0.5) is 0 Å². The molecule has 0 aromatic heterocycles. The molecule has 1 N–H and O–H groups in total. The van der Waals surface area contributed by atoms with Crippen molar-refractivity contribution in [2.75, 3.05) is 14.2 Å². The van der Waals surface area contributed by atoms with E-state index >= 15 is 0 Å². The molecule has 0 spiro atoms. The third-order valence-corrected chi connectivity index (χ3v) is 3.61. The summed E-state index contributed by atoms with van der Waals surface area (Å²) in [5.74, 6) is 0.921. The Kier molecular flexibility index (Phi) is 2.54. The van der Waals surface area contributed by atoms with Gasteiger partial charge in [-0.25, -0.2) is 0 Å². The molecule has 0 radical (unpaired) electrons. The second-order valence-corrected chi connectivity index (χ2v) is 4.53. The minimum atomic E-state index is 0.188. The number of rotatable bonds is 3. The Bertz CT molecular complexity index is 347. The summed E-state index contributed by atoms with van der Waals surface area (Å²) in [4.78, 5) is 0. The highest BCUT2D eigenvalue weighted by molar-refractivity contribution is 9.10. The summed E-state index contributed by atoms with van der Waals surface area (Å²) in [6.07, 6.45) is 2.41. The van der Waals surface area contributed by atoms with Crippen molar-refractivity contribution in [3.63, 3.8) is 0 Å². The van der Waals surface area contributed by atoms with E-state index < -0.39 is 0 Å². The van der Waals surface area contributed by atoms with E-state index in [1.165, 1.54) is 18.4 Å². The van der Waals surface area contributed by atoms with Crippen LogP contribution in [0.15, 0.2) is 22.7 Å². The lowest BCUT2D eigenvalue weighted by atomic mass is 10.1. The van der Waals surface area contributed by atoms with Gasteiger partial charge in [-0.2, -0.15) is 0 Å². The van der Waals surface area contributed by atoms with Gasteiger partial charge in [-0.15, -0.1) is 0 Å². The van der Waals surface area contributed by atoms with Gasteiger partial charge in [-0.1, -0.05) is 15.9 Å². The molecular weight excluding hydrogens is 242 g/mol. The lowest BCUT2D eigenvalue weighted by Crippen LogP contribution is -2.24. The minimum Gasteiger partial charge on any atom is -0.497 e. The molecule has 0 unspecified atom stereocenters. The average molecular weight is 256 g/mol. The van der Waals surface area contributed by atoms with Gasteiger partial charge in [0.1, 0.15) is 5.75 Å². The Morgan fingerprint density at radius 1 is 1.43 bits per heavy atom. The molecular formula is C11H14BrNO. The smallest absolute Gasteiger partial charge is 0.119 e. The molecule has 0 bridgehead atoms. The first-order chi connectivity index (χ1) is 6.72. The molecule has 3 heteroatoms. The first kappa shape index (κ1) is 9.99. The van der Waals surface area contributed by atoms with Crippen LogP contribution in [0.1, 0.15) is 18.4 Å². The number of nitrogens with one attached hydrogen (secondary N) is 1. The Morgan fingerprint density at radius 2 is 2.14 bits per heavy atom. The Balaban J connectivity index is 2.41. The van der Waals surface area contributed by atoms with E-state index in [1.807, 2.05) is 19.2 Å². The van der Waals surface area contributed by atoms with Gasteiger partial charge >= 0.3 is 0 Å². The van der Waals surface area contributed by atoms with E-state index in [4.69, 9.17) is 4.74 Å². The van der Waals surface area contributed by atoms with Crippen molar-refractivity contribution in [1.82, 2.24) is 5.32 Å². The van der Waals surface area contributed by atoms with Gasteiger partial charge in [0, 0.05) is 10.0 Å². The highest BCUT2D eigenvalue weighted by Crippen LogP contribution is 2.48. The van der Waals surface area contributed by atoms with Crippen molar-refractivity contribution in [3.05, 3.63) is 28.2 Å². The molecule has 1 saturated carbocycles. The van der Waals surface area contributed by atoms with Crippen LogP contribution in [0, 0.1) is 0 Å². The Hall–Kier alpha value is -0.540. The zero-order chi connectivity index (χ0) is 10.2. The van der Waals surface area contributed by atoms with E-state index in [2.05, 4.69) is 27.3 Å². The van der Waals surface area contributed by atoms with Gasteiger partial charge in [0.2, 0.25) is 0 Å². The molecule has 14 heavy (non-hydrogen) atoms. The van der Waals surface area contributed by atoms with Gasteiger partial charge in [0.05, 0.1) is 7.11 Å². The maximum Gasteiger partial charge on any atom is 0.119 e. The normalized spacial score (nSPS) is 17.9. The third kappa shape index (κ3) is 1.55. The van der Waals surface area contributed by atoms with Gasteiger partial charge in [-0.05, 0) is 43.7 Å². The van der Waals surface area contributed by atoms with Crippen molar-refractivity contribution < 1.29 is 4.74 Å². The standard InChI is InChI=1S/C11H14BrNO/c1-13-11(5-6-11)9-7-8(14-2)3-4-10(9)12/h3-4,7,13H,5-6H2,1-2H3. The molecule has 0 aliphatic heterocycles. The van der Waals surface area contributed by atoms with Gasteiger partial charge in [0.25, 0.3) is 0 Å². The SMILES string of the molecule is CNC1(c2cc(OC)ccc2Br)CC1. The number of hydrogen-bond acceptors (Lipinski definition) is 2. The fourth-order valence-electron chi connectivity index (χ4n) is 1.78. The maximum atomic E-state index is 5.23. The largest absolute Gasteiger partial charge is 0.497 e. The molecule has 1 aliphatic carbocycles. The summed E-state index contributed by atoms with van der Waals surface area (Å²) in [6.45, 7) is 0. The molecule has 0 amide bonds. The Labute approximate surface area is 92.8 Å². The van der Waals surface area contributed by atoms with E-state index in [1.54, 1.807) is 7.11 Å². The van der Waals surface area contributed by atoms with E-state index in [-0.39, 0.29) is 5.54 Å². The lowest BCUT2D eigenvalue weighted by Gasteiger charge is -2.17. The highest BCUT2D eigenvalue weighted by atomic mass is 79.9. The van der Waals surface area contributed by atoms with Crippen molar-refractivity contribution in [2.24, 2.45) is 0 Å². The summed E-state index contributed by atoms with van der Waals surface area (Å²) >= 11 is 3.58. The summed E-state index contributed by atoms with van der Waals surface area (Å²) < 4.78 is 6.39. The second kappa shape index (κ2) is 3.55. The minimum absolute atomic E-state index is 0.188. The summed E-state index contributed by atoms with van der Waals surface area (Å²) in [5, 5.41) is 3.38. The first-order valence-electron chi connectivity index (χ1n) is 4.75. The fraction of sp³-hybridized carbons (Fsp3) is 0.455. The average Bonchev–Trinajstić information content (AvgIpc) is 2.99. The predicted molar refractivity (Wildman–Crippen MR) is 60.7 cm³/mol. The van der Waals surface area contributed by atoms with E-state index in [0.717, 1.165) is 10.2 Å². The van der Waals surface area contributed by atoms with Crippen molar-refractivity contribution in [3.8, 4) is 5.75 Å². The fourth-order valence-corrected chi connectivity index (χ4v) is 2.40. The van der Waals surface area contributed by atoms with Crippen LogP contribution in [0.2, 0.25) is 0 Å². The Morgan fingerprint density at radius 3 is 2.64 bits per heavy atom. The number of methoxy groups -OCH3 is 1. The van der Waals surface area contributed by atoms with E-state index in [9.17, 15) is 0 Å². The lowest BCUT2D eigenvalue weighted by molar-refractivity contribution is 0.412. The molecule has 2 nitrogen and oxygen atoms in total. The molecule has 2 rings (SSSR count). The van der Waals surface area contributed by atoms with Crippen LogP contribution in [-0.2, 0) is 5.54 Å². The molecule has 1 fully saturated rings. The van der Waals surface area contributed by atoms with Crippen LogP contribution in [0.5, 0.6) is 5.75 Å². The third-order valence-electron chi connectivity index (χ3n) is 2.92. The number of hydrogen-bond donors (Lipinski definition) is 1. The van der Waals surface area contributed by atoms with Crippen molar-refractivity contribution in [1.29, 1.82) is 0 Å². The monoisotopic (exact) mass is 255 g/mol. The summed E-state index contributed by atoms with van der Waals surface area (Å²) in [5.41, 5.74) is 1.49. The molecule has 1 aliphatic rings. The molecule has 0 heterocycles. The highest BCUT2D eigenvalue weighted by Gasteiger charge is 2.44. The van der Waals surface area contributed by atoms with Crippen molar-refractivity contribution >= 4 is 15.9 Å². The number of halogens is 1. The van der Waals surface area contributed by atoms with Gasteiger partial charge in [0.15, 0.2) is 0 Å². The first-order valence-corrected chi connectivity index (χ1v) is 5.54. The molecule has 1 aromatic rings. The van der Waals surface area contributed by atoms with E-state index in [0.29, 0.717) is 0 Å². The second-order valence-electron chi connectivity index (χ2n) is 3.68. The van der Waals surface area contributed by atoms with Gasteiger partial charge in [-0.3, -0.25) is 0 Å². The zero-order valence-corrected chi connectivity index (χ0v) is 10.0. The predicted octanol–water partition coefficient (Wildman–Crippen LogP) is 2.67. The summed E-state index contributed by atoms with van der Waals surface area (Å²) in [7, 11) is 3.71. The van der Waals surface area contributed by atoms with Crippen LogP contribution >= 0.6 is 15.9 Å². The molecule has 0 atom stereocenters. The topological polar surface area (TPSA) is 21.3 Å².